The molecule has 0 aliphatic heterocycles. The molecule has 0 amide bonds. The van der Waals surface area contributed by atoms with Crippen molar-refractivity contribution in [1.82, 2.24) is 19.5 Å². The van der Waals surface area contributed by atoms with E-state index in [4.69, 9.17) is 5.11 Å². The van der Waals surface area contributed by atoms with Gasteiger partial charge in [-0.05, 0) is 18.9 Å². The van der Waals surface area contributed by atoms with E-state index in [1.807, 2.05) is 0 Å². The van der Waals surface area contributed by atoms with Gasteiger partial charge in [-0.15, -0.1) is 0 Å². The first-order valence-electron chi connectivity index (χ1n) is 7.77. The van der Waals surface area contributed by atoms with Gasteiger partial charge in [-0.25, -0.2) is 4.98 Å². The number of anilines is 1. The maximum absolute atomic E-state index is 12.2. The van der Waals surface area contributed by atoms with Crippen molar-refractivity contribution in [2.24, 2.45) is 5.92 Å². The summed E-state index contributed by atoms with van der Waals surface area (Å²) in [6.07, 6.45) is 1.00. The van der Waals surface area contributed by atoms with Crippen LogP contribution in [0.4, 0.5) is 5.95 Å². The van der Waals surface area contributed by atoms with E-state index in [2.05, 4.69) is 26.8 Å². The molecule has 1 fully saturated rings. The highest BCUT2D eigenvalue weighted by Gasteiger charge is 2.38. The van der Waals surface area contributed by atoms with Crippen LogP contribution in [-0.2, 0) is 4.79 Å². The normalized spacial score (nSPS) is 24.6. The smallest absolute Gasteiger partial charge is 0.325 e. The molecule has 1 aliphatic carbocycles. The van der Waals surface area contributed by atoms with Crippen molar-refractivity contribution in [3.8, 4) is 0 Å². The van der Waals surface area contributed by atoms with Crippen LogP contribution in [0, 0.1) is 5.92 Å². The fourth-order valence-corrected chi connectivity index (χ4v) is 3.06. The standard InChI is InChI=1S/C15H19N5O5/c1-6-8(4-21)10(22)3-9(6)20-5-16-11-12(20)18-15(19-13(11)23)17-7(2)14(24)25/h5,7-10,21-22H,1,3-4H2,2H3,(H,24,25)(H2,17,18,19,23)/t7?,8-,9-,10-/m0/s1. The summed E-state index contributed by atoms with van der Waals surface area (Å²) < 4.78 is 1.61. The summed E-state index contributed by atoms with van der Waals surface area (Å²) in [4.78, 5) is 33.9. The molecule has 2 heterocycles. The fraction of sp³-hybridized carbons (Fsp3) is 0.467. The molecule has 25 heavy (non-hydrogen) atoms. The lowest BCUT2D eigenvalue weighted by atomic mass is 10.0. The predicted octanol–water partition coefficient (Wildman–Crippen LogP) is -0.525. The highest BCUT2D eigenvalue weighted by atomic mass is 16.4. The molecule has 0 spiro atoms. The maximum Gasteiger partial charge on any atom is 0.325 e. The van der Waals surface area contributed by atoms with E-state index < -0.39 is 29.6 Å². The number of aliphatic carboxylic acids is 1. The zero-order valence-corrected chi connectivity index (χ0v) is 13.5. The van der Waals surface area contributed by atoms with E-state index in [0.717, 1.165) is 0 Å². The third-order valence-electron chi connectivity index (χ3n) is 4.52. The summed E-state index contributed by atoms with van der Waals surface area (Å²) >= 11 is 0. The minimum absolute atomic E-state index is 0.0111. The number of aromatic nitrogens is 4. The predicted molar refractivity (Wildman–Crippen MR) is 88.2 cm³/mol. The number of nitrogens with zero attached hydrogens (tertiary/aromatic N) is 3. The van der Waals surface area contributed by atoms with Crippen LogP contribution in [0.3, 0.4) is 0 Å². The Balaban J connectivity index is 2.03. The van der Waals surface area contributed by atoms with Crippen molar-refractivity contribution < 1.29 is 20.1 Å². The molecule has 2 aromatic heterocycles. The molecule has 4 atom stereocenters. The number of carbonyl (C=O) groups is 1. The van der Waals surface area contributed by atoms with Crippen molar-refractivity contribution >= 4 is 23.1 Å². The van der Waals surface area contributed by atoms with E-state index >= 15 is 0 Å². The number of rotatable bonds is 5. The number of aliphatic hydroxyl groups excluding tert-OH is 2. The van der Waals surface area contributed by atoms with Crippen LogP contribution < -0.4 is 10.9 Å². The van der Waals surface area contributed by atoms with Crippen molar-refractivity contribution in [3.63, 3.8) is 0 Å². The number of aliphatic hydroxyl groups is 2. The quantitative estimate of drug-likeness (QED) is 0.452. The van der Waals surface area contributed by atoms with Crippen molar-refractivity contribution in [2.75, 3.05) is 11.9 Å². The Morgan fingerprint density at radius 2 is 2.32 bits per heavy atom. The van der Waals surface area contributed by atoms with Crippen LogP contribution in [-0.4, -0.2) is 59.6 Å². The van der Waals surface area contributed by atoms with Gasteiger partial charge in [0.25, 0.3) is 5.56 Å². The maximum atomic E-state index is 12.2. The summed E-state index contributed by atoms with van der Waals surface area (Å²) in [6, 6.07) is -1.31. The van der Waals surface area contributed by atoms with Gasteiger partial charge in [-0.1, -0.05) is 6.58 Å². The Kier molecular flexibility index (Phi) is 4.31. The van der Waals surface area contributed by atoms with Crippen molar-refractivity contribution in [2.45, 2.75) is 31.5 Å². The van der Waals surface area contributed by atoms with Crippen molar-refractivity contribution in [3.05, 3.63) is 28.8 Å². The summed E-state index contributed by atoms with van der Waals surface area (Å²) in [6.45, 7) is 5.14. The number of aromatic amines is 1. The SMILES string of the molecule is C=C1[C@H](CO)[C@@H](O)C[C@@H]1n1cnc2c(=O)[nH]c(NC(C)C(=O)O)nc21. The average molecular weight is 349 g/mol. The second-order valence-electron chi connectivity index (χ2n) is 6.13. The number of carboxylic acid groups (broad SMARTS) is 1. The second-order valence-corrected chi connectivity index (χ2v) is 6.13. The Morgan fingerprint density at radius 3 is 2.92 bits per heavy atom. The molecule has 0 bridgehead atoms. The van der Waals surface area contributed by atoms with Gasteiger partial charge in [-0.3, -0.25) is 14.6 Å². The number of fused-ring (bicyclic) bond motifs is 1. The van der Waals surface area contributed by atoms with E-state index in [1.165, 1.54) is 13.3 Å². The van der Waals surface area contributed by atoms with Gasteiger partial charge in [0, 0.05) is 5.92 Å². The molecule has 1 saturated carbocycles. The first-order chi connectivity index (χ1) is 11.8. The van der Waals surface area contributed by atoms with Gasteiger partial charge in [0.05, 0.1) is 25.1 Å². The molecule has 0 radical (unpaired) electrons. The van der Waals surface area contributed by atoms with E-state index in [1.54, 1.807) is 4.57 Å². The Morgan fingerprint density at radius 1 is 1.60 bits per heavy atom. The molecule has 1 aliphatic rings. The number of carboxylic acids is 1. The molecule has 1 unspecified atom stereocenters. The molecule has 10 heteroatoms. The molecule has 3 rings (SSSR count). The van der Waals surface area contributed by atoms with Gasteiger partial charge in [0.2, 0.25) is 5.95 Å². The summed E-state index contributed by atoms with van der Waals surface area (Å²) in [5.41, 5.74) is 0.473. The summed E-state index contributed by atoms with van der Waals surface area (Å²) in [7, 11) is 0. The first-order valence-corrected chi connectivity index (χ1v) is 7.77. The van der Waals surface area contributed by atoms with Crippen LogP contribution in [0.2, 0.25) is 0 Å². The molecular formula is C15H19N5O5. The van der Waals surface area contributed by atoms with Crippen LogP contribution in [0.25, 0.3) is 11.2 Å². The molecule has 134 valence electrons. The second kappa shape index (κ2) is 6.30. The van der Waals surface area contributed by atoms with Crippen molar-refractivity contribution in [1.29, 1.82) is 0 Å². The average Bonchev–Trinajstić information content (AvgIpc) is 3.08. The minimum Gasteiger partial charge on any atom is -0.480 e. The number of hydrogen-bond acceptors (Lipinski definition) is 7. The van der Waals surface area contributed by atoms with E-state index in [-0.39, 0.29) is 29.8 Å². The lowest BCUT2D eigenvalue weighted by Gasteiger charge is -2.16. The van der Waals surface area contributed by atoms with E-state index in [0.29, 0.717) is 12.0 Å². The lowest BCUT2D eigenvalue weighted by Crippen LogP contribution is -2.28. The number of imidazole rings is 1. The highest BCUT2D eigenvalue weighted by molar-refractivity contribution is 5.77. The zero-order valence-electron chi connectivity index (χ0n) is 13.5. The van der Waals surface area contributed by atoms with Crippen LogP contribution in [0.5, 0.6) is 0 Å². The minimum atomic E-state index is -1.09. The Hall–Kier alpha value is -2.72. The highest BCUT2D eigenvalue weighted by Crippen LogP contribution is 2.39. The monoisotopic (exact) mass is 349 g/mol. The molecule has 2 aromatic rings. The summed E-state index contributed by atoms with van der Waals surface area (Å²) in [5.74, 6) is -1.53. The number of H-pyrrole nitrogens is 1. The molecule has 0 saturated heterocycles. The van der Waals surface area contributed by atoms with Gasteiger partial charge >= 0.3 is 5.97 Å². The third kappa shape index (κ3) is 2.89. The fourth-order valence-electron chi connectivity index (χ4n) is 3.06. The number of nitrogens with one attached hydrogen (secondary N) is 2. The lowest BCUT2D eigenvalue weighted by molar-refractivity contribution is -0.137. The van der Waals surface area contributed by atoms with Gasteiger partial charge in [-0.2, -0.15) is 4.98 Å². The van der Waals surface area contributed by atoms with E-state index in [9.17, 15) is 19.8 Å². The van der Waals surface area contributed by atoms with Gasteiger partial charge < -0.3 is 25.2 Å². The topological polar surface area (TPSA) is 153 Å². The third-order valence-corrected chi connectivity index (χ3v) is 4.52. The zero-order chi connectivity index (χ0) is 18.3. The van der Waals surface area contributed by atoms with Gasteiger partial charge in [0.1, 0.15) is 6.04 Å². The largest absolute Gasteiger partial charge is 0.480 e. The van der Waals surface area contributed by atoms with Crippen LogP contribution in [0.15, 0.2) is 23.3 Å². The van der Waals surface area contributed by atoms with Crippen LogP contribution >= 0.6 is 0 Å². The Bertz CT molecular complexity index is 888. The molecule has 10 nitrogen and oxygen atoms in total. The Labute approximate surface area is 141 Å². The molecule has 0 aromatic carbocycles. The summed E-state index contributed by atoms with van der Waals surface area (Å²) in [5, 5.41) is 31.0. The molecule has 5 N–H and O–H groups in total. The number of hydrogen-bond donors (Lipinski definition) is 5. The molecular weight excluding hydrogens is 330 g/mol. The first kappa shape index (κ1) is 17.1. The van der Waals surface area contributed by atoms with Gasteiger partial charge in [0.15, 0.2) is 11.2 Å². The van der Waals surface area contributed by atoms with Crippen LogP contribution in [0.1, 0.15) is 19.4 Å².